The highest BCUT2D eigenvalue weighted by Gasteiger charge is 2.04. The molecule has 3 N–H and O–H groups in total. The van der Waals surface area contributed by atoms with Crippen molar-refractivity contribution in [2.75, 3.05) is 5.32 Å². The summed E-state index contributed by atoms with van der Waals surface area (Å²) < 4.78 is 0. The molecule has 6 heteroatoms. The molecule has 0 spiro atoms. The average Bonchev–Trinajstić information content (AvgIpc) is 2.78. The molecule has 0 unspecified atom stereocenters. The van der Waals surface area contributed by atoms with Crippen LogP contribution in [-0.2, 0) is 6.54 Å². The van der Waals surface area contributed by atoms with Gasteiger partial charge < -0.3 is 11.1 Å². The molecule has 4 nitrogen and oxygen atoms in total. The molecule has 2 aromatic rings. The van der Waals surface area contributed by atoms with E-state index < -0.39 is 0 Å². The van der Waals surface area contributed by atoms with E-state index in [1.165, 1.54) is 5.56 Å². The number of thiophene rings is 1. The number of hydrogen-bond acceptors (Lipinski definition) is 5. The molecule has 0 aliphatic rings. The summed E-state index contributed by atoms with van der Waals surface area (Å²) in [4.78, 5) is 8.82. The Kier molecular flexibility index (Phi) is 3.65. The van der Waals surface area contributed by atoms with Crippen molar-refractivity contribution in [1.82, 2.24) is 9.97 Å². The first-order chi connectivity index (χ1) is 8.15. The molecule has 0 saturated heterocycles. The molecule has 0 aromatic carbocycles. The second-order valence-corrected chi connectivity index (χ2v) is 4.79. The Balaban J connectivity index is 2.13. The van der Waals surface area contributed by atoms with Gasteiger partial charge in [0.25, 0.3) is 0 Å². The van der Waals surface area contributed by atoms with Gasteiger partial charge in [0.2, 0.25) is 5.95 Å². The van der Waals surface area contributed by atoms with Crippen LogP contribution in [0, 0.1) is 6.92 Å². The maximum absolute atomic E-state index is 5.56. The third kappa shape index (κ3) is 3.21. The normalized spacial score (nSPS) is 10.2. The molecule has 0 amide bonds. The lowest BCUT2D eigenvalue weighted by molar-refractivity contribution is 1.03. The summed E-state index contributed by atoms with van der Waals surface area (Å²) in [6.45, 7) is 2.59. The molecule has 2 aromatic heterocycles. The molecular formula is C11H12N4S2. The minimum Gasteiger partial charge on any atom is -0.388 e. The molecule has 0 aliphatic heterocycles. The van der Waals surface area contributed by atoms with E-state index in [0.717, 1.165) is 5.69 Å². The molecule has 0 radical (unpaired) electrons. The number of thiocarbonyl (C=S) groups is 1. The smallest absolute Gasteiger partial charge is 0.223 e. The number of nitrogens with one attached hydrogen (secondary N) is 1. The molecule has 17 heavy (non-hydrogen) atoms. The highest BCUT2D eigenvalue weighted by Crippen LogP contribution is 2.09. The van der Waals surface area contributed by atoms with Crippen LogP contribution < -0.4 is 11.1 Å². The molecular weight excluding hydrogens is 252 g/mol. The number of nitrogens with two attached hydrogens (primary N) is 1. The fourth-order valence-corrected chi connectivity index (χ4v) is 2.12. The van der Waals surface area contributed by atoms with E-state index in [9.17, 15) is 0 Å². The van der Waals surface area contributed by atoms with Gasteiger partial charge in [-0.2, -0.15) is 11.3 Å². The predicted octanol–water partition coefficient (Wildman–Crippen LogP) is 2.09. The molecule has 0 bridgehead atoms. The molecule has 2 heterocycles. The Hall–Kier alpha value is -1.53. The van der Waals surface area contributed by atoms with E-state index in [0.29, 0.717) is 18.2 Å². The fraction of sp³-hybridized carbons (Fsp3) is 0.182. The summed E-state index contributed by atoms with van der Waals surface area (Å²) in [6.07, 6.45) is 0. The van der Waals surface area contributed by atoms with Crippen LogP contribution in [0.2, 0.25) is 0 Å². The standard InChI is InChI=1S/C11H12N4S2/c1-7-4-9(10(12)16)15-11(14-7)13-5-8-2-3-17-6-8/h2-4,6H,5H2,1H3,(H2,12,16)(H,13,14,15). The van der Waals surface area contributed by atoms with Gasteiger partial charge in [-0.3, -0.25) is 0 Å². The van der Waals surface area contributed by atoms with Crippen LogP contribution in [-0.4, -0.2) is 15.0 Å². The first kappa shape index (κ1) is 11.9. The fourth-order valence-electron chi connectivity index (χ4n) is 1.35. The van der Waals surface area contributed by atoms with Crippen molar-refractivity contribution in [3.63, 3.8) is 0 Å². The second kappa shape index (κ2) is 5.20. The number of hydrogen-bond donors (Lipinski definition) is 2. The summed E-state index contributed by atoms with van der Waals surface area (Å²) in [7, 11) is 0. The van der Waals surface area contributed by atoms with Crippen molar-refractivity contribution in [1.29, 1.82) is 0 Å². The van der Waals surface area contributed by atoms with E-state index in [1.54, 1.807) is 17.4 Å². The van der Waals surface area contributed by atoms with Crippen molar-refractivity contribution in [3.8, 4) is 0 Å². The molecule has 0 aliphatic carbocycles. The Labute approximate surface area is 109 Å². The first-order valence-electron chi connectivity index (χ1n) is 5.05. The molecule has 2 rings (SSSR count). The van der Waals surface area contributed by atoms with Crippen LogP contribution in [0.15, 0.2) is 22.9 Å². The summed E-state index contributed by atoms with van der Waals surface area (Å²) in [5.74, 6) is 0.555. The topological polar surface area (TPSA) is 63.8 Å². The van der Waals surface area contributed by atoms with Gasteiger partial charge >= 0.3 is 0 Å². The lowest BCUT2D eigenvalue weighted by Crippen LogP contribution is -2.14. The maximum Gasteiger partial charge on any atom is 0.223 e. The summed E-state index contributed by atoms with van der Waals surface area (Å²) in [6, 6.07) is 3.83. The SMILES string of the molecule is Cc1cc(C(N)=S)nc(NCc2ccsc2)n1. The Morgan fingerprint density at radius 1 is 1.53 bits per heavy atom. The highest BCUT2D eigenvalue weighted by atomic mass is 32.1. The van der Waals surface area contributed by atoms with E-state index in [4.69, 9.17) is 18.0 Å². The third-order valence-electron chi connectivity index (χ3n) is 2.14. The van der Waals surface area contributed by atoms with Gasteiger partial charge in [0.1, 0.15) is 10.7 Å². The van der Waals surface area contributed by atoms with Gasteiger partial charge in [0.15, 0.2) is 0 Å². The van der Waals surface area contributed by atoms with Gasteiger partial charge in [0, 0.05) is 12.2 Å². The van der Waals surface area contributed by atoms with E-state index in [2.05, 4.69) is 26.7 Å². The van der Waals surface area contributed by atoms with Gasteiger partial charge in [-0.05, 0) is 35.4 Å². The predicted molar refractivity (Wildman–Crippen MR) is 74.3 cm³/mol. The Morgan fingerprint density at radius 2 is 2.35 bits per heavy atom. The maximum atomic E-state index is 5.56. The molecule has 0 fully saturated rings. The molecule has 88 valence electrons. The van der Waals surface area contributed by atoms with Gasteiger partial charge in [-0.1, -0.05) is 12.2 Å². The van der Waals surface area contributed by atoms with Crippen molar-refractivity contribution in [3.05, 3.63) is 39.8 Å². The Morgan fingerprint density at radius 3 is 3.00 bits per heavy atom. The van der Waals surface area contributed by atoms with Crippen LogP contribution in [0.1, 0.15) is 17.0 Å². The number of anilines is 1. The van der Waals surface area contributed by atoms with E-state index in [1.807, 2.05) is 12.3 Å². The van der Waals surface area contributed by atoms with Crippen molar-refractivity contribution < 1.29 is 0 Å². The van der Waals surface area contributed by atoms with E-state index >= 15 is 0 Å². The number of nitrogens with zero attached hydrogens (tertiary/aromatic N) is 2. The summed E-state index contributed by atoms with van der Waals surface area (Å²) >= 11 is 6.57. The van der Waals surface area contributed by atoms with Crippen LogP contribution in [0.5, 0.6) is 0 Å². The average molecular weight is 264 g/mol. The van der Waals surface area contributed by atoms with Gasteiger partial charge in [-0.15, -0.1) is 0 Å². The van der Waals surface area contributed by atoms with Crippen LogP contribution in [0.4, 0.5) is 5.95 Å². The zero-order valence-corrected chi connectivity index (χ0v) is 10.9. The minimum absolute atomic E-state index is 0.286. The van der Waals surface area contributed by atoms with E-state index in [-0.39, 0.29) is 4.99 Å². The number of aromatic nitrogens is 2. The largest absolute Gasteiger partial charge is 0.388 e. The van der Waals surface area contributed by atoms with Crippen molar-refractivity contribution in [2.24, 2.45) is 5.73 Å². The molecule has 0 atom stereocenters. The monoisotopic (exact) mass is 264 g/mol. The third-order valence-corrected chi connectivity index (χ3v) is 3.08. The number of aryl methyl sites for hydroxylation is 1. The van der Waals surface area contributed by atoms with Crippen LogP contribution >= 0.6 is 23.6 Å². The molecule has 0 saturated carbocycles. The van der Waals surface area contributed by atoms with Crippen molar-refractivity contribution >= 4 is 34.5 Å². The quantitative estimate of drug-likeness (QED) is 0.828. The highest BCUT2D eigenvalue weighted by molar-refractivity contribution is 7.80. The zero-order valence-electron chi connectivity index (χ0n) is 9.30. The van der Waals surface area contributed by atoms with Crippen molar-refractivity contribution in [2.45, 2.75) is 13.5 Å². The zero-order chi connectivity index (χ0) is 12.3. The van der Waals surface area contributed by atoms with Gasteiger partial charge in [0.05, 0.1) is 0 Å². The summed E-state index contributed by atoms with van der Waals surface area (Å²) in [5.41, 5.74) is 8.20. The first-order valence-corrected chi connectivity index (χ1v) is 6.40. The van der Waals surface area contributed by atoms with Gasteiger partial charge in [-0.25, -0.2) is 9.97 Å². The lowest BCUT2D eigenvalue weighted by Gasteiger charge is -2.06. The van der Waals surface area contributed by atoms with Crippen LogP contribution in [0.3, 0.4) is 0 Å². The Bertz CT molecular complexity index is 522. The summed E-state index contributed by atoms with van der Waals surface area (Å²) in [5, 5.41) is 7.27. The number of rotatable bonds is 4. The van der Waals surface area contributed by atoms with Crippen LogP contribution in [0.25, 0.3) is 0 Å². The minimum atomic E-state index is 0.286. The second-order valence-electron chi connectivity index (χ2n) is 3.57. The lowest BCUT2D eigenvalue weighted by atomic mass is 10.3.